The van der Waals surface area contributed by atoms with Crippen LogP contribution in [0.25, 0.3) is 76.9 Å². The van der Waals surface area contributed by atoms with E-state index in [-0.39, 0.29) is 5.41 Å². The minimum Gasteiger partial charge on any atom is -0.455 e. The third kappa shape index (κ3) is 4.95. The highest BCUT2D eigenvalue weighted by atomic mass is 16.3. The minimum absolute atomic E-state index is 0.102. The number of rotatable bonds is 5. The molecule has 260 valence electrons. The molecule has 1 aliphatic carbocycles. The number of hydrogen-bond acceptors (Lipinski definition) is 2. The van der Waals surface area contributed by atoms with Crippen molar-refractivity contribution >= 4 is 60.5 Å². The first-order valence-electron chi connectivity index (χ1n) is 19.1. The molecule has 0 saturated heterocycles. The maximum atomic E-state index is 6.74. The molecule has 0 bridgehead atoms. The van der Waals surface area contributed by atoms with Gasteiger partial charge in [0.25, 0.3) is 0 Å². The Balaban J connectivity index is 1.04. The third-order valence-corrected chi connectivity index (χ3v) is 11.8. The Kier molecular flexibility index (Phi) is 6.93. The lowest BCUT2D eigenvalue weighted by atomic mass is 9.82. The van der Waals surface area contributed by atoms with Gasteiger partial charge in [-0.25, -0.2) is 0 Å². The predicted molar refractivity (Wildman–Crippen MR) is 232 cm³/mol. The van der Waals surface area contributed by atoms with E-state index in [0.29, 0.717) is 0 Å². The van der Waals surface area contributed by atoms with Crippen LogP contribution in [0.5, 0.6) is 0 Å². The largest absolute Gasteiger partial charge is 0.455 e. The molecule has 0 spiro atoms. The fourth-order valence-electron chi connectivity index (χ4n) is 9.04. The highest BCUT2D eigenvalue weighted by molar-refractivity contribution is 6.17. The van der Waals surface area contributed by atoms with Crippen LogP contribution in [0.1, 0.15) is 25.0 Å². The van der Waals surface area contributed by atoms with Crippen LogP contribution < -0.4 is 4.90 Å². The molecule has 9 aromatic carbocycles. The second-order valence-electron chi connectivity index (χ2n) is 15.3. The molecule has 0 amide bonds. The molecule has 2 heteroatoms. The van der Waals surface area contributed by atoms with E-state index in [9.17, 15) is 0 Å². The summed E-state index contributed by atoms with van der Waals surface area (Å²) >= 11 is 0. The summed E-state index contributed by atoms with van der Waals surface area (Å²) in [7, 11) is 0. The summed E-state index contributed by atoms with van der Waals surface area (Å²) in [6.07, 6.45) is 0. The van der Waals surface area contributed by atoms with E-state index in [0.717, 1.165) is 66.6 Å². The average molecular weight is 704 g/mol. The van der Waals surface area contributed by atoms with Gasteiger partial charge < -0.3 is 9.32 Å². The third-order valence-electron chi connectivity index (χ3n) is 11.8. The van der Waals surface area contributed by atoms with Crippen LogP contribution >= 0.6 is 0 Å². The maximum Gasteiger partial charge on any atom is 0.143 e. The minimum atomic E-state index is -0.102. The quantitative estimate of drug-likeness (QED) is 0.177. The molecule has 0 unspecified atom stereocenters. The summed E-state index contributed by atoms with van der Waals surface area (Å²) in [5.74, 6) is 0. The number of para-hydroxylation sites is 1. The predicted octanol–water partition coefficient (Wildman–Crippen LogP) is 15.0. The van der Waals surface area contributed by atoms with Crippen molar-refractivity contribution in [3.05, 3.63) is 199 Å². The zero-order valence-corrected chi connectivity index (χ0v) is 30.8. The van der Waals surface area contributed by atoms with Crippen molar-refractivity contribution in [2.24, 2.45) is 0 Å². The molecule has 0 fully saturated rings. The van der Waals surface area contributed by atoms with Gasteiger partial charge in [0.15, 0.2) is 0 Å². The van der Waals surface area contributed by atoms with Gasteiger partial charge in [-0.2, -0.15) is 0 Å². The summed E-state index contributed by atoms with van der Waals surface area (Å²) in [6.45, 7) is 4.70. The summed E-state index contributed by atoms with van der Waals surface area (Å²) in [6, 6.07) is 68.4. The number of benzene rings is 9. The molecule has 1 heterocycles. The van der Waals surface area contributed by atoms with E-state index in [1.54, 1.807) is 0 Å². The molecule has 2 nitrogen and oxygen atoms in total. The monoisotopic (exact) mass is 703 g/mol. The number of furan rings is 1. The highest BCUT2D eigenvalue weighted by Crippen LogP contribution is 2.51. The van der Waals surface area contributed by atoms with Gasteiger partial charge in [0.2, 0.25) is 0 Å². The van der Waals surface area contributed by atoms with Gasteiger partial charge in [0, 0.05) is 44.2 Å². The molecule has 0 saturated carbocycles. The van der Waals surface area contributed by atoms with Gasteiger partial charge in [0.05, 0.1) is 0 Å². The molecule has 0 N–H and O–H groups in total. The topological polar surface area (TPSA) is 16.4 Å². The van der Waals surface area contributed by atoms with Gasteiger partial charge in [-0.3, -0.25) is 0 Å². The molecule has 0 aliphatic heterocycles. The van der Waals surface area contributed by atoms with Crippen molar-refractivity contribution in [3.8, 4) is 33.4 Å². The van der Waals surface area contributed by atoms with Gasteiger partial charge in [-0.15, -0.1) is 0 Å². The molecule has 11 rings (SSSR count). The van der Waals surface area contributed by atoms with E-state index in [1.165, 1.54) is 38.4 Å². The van der Waals surface area contributed by atoms with E-state index in [2.05, 4.69) is 207 Å². The van der Waals surface area contributed by atoms with Gasteiger partial charge in [-0.1, -0.05) is 153 Å². The first-order valence-corrected chi connectivity index (χ1v) is 19.1. The zero-order valence-electron chi connectivity index (χ0n) is 30.8. The molecule has 1 aromatic heterocycles. The molecular weight excluding hydrogens is 667 g/mol. The Labute approximate surface area is 320 Å². The maximum absolute atomic E-state index is 6.74. The lowest BCUT2D eigenvalue weighted by molar-refractivity contribution is 0.660. The molecule has 0 radical (unpaired) electrons. The van der Waals surface area contributed by atoms with Crippen molar-refractivity contribution in [3.63, 3.8) is 0 Å². The highest BCUT2D eigenvalue weighted by Gasteiger charge is 2.35. The van der Waals surface area contributed by atoms with Crippen LogP contribution in [-0.2, 0) is 5.41 Å². The van der Waals surface area contributed by atoms with E-state index < -0.39 is 0 Å². The lowest BCUT2D eigenvalue weighted by Crippen LogP contribution is -2.16. The Morgan fingerprint density at radius 3 is 1.87 bits per heavy atom. The van der Waals surface area contributed by atoms with E-state index in [1.807, 2.05) is 0 Å². The number of nitrogens with zero attached hydrogens (tertiary/aromatic N) is 1. The van der Waals surface area contributed by atoms with Crippen molar-refractivity contribution in [1.29, 1.82) is 0 Å². The van der Waals surface area contributed by atoms with Crippen LogP contribution in [0, 0.1) is 0 Å². The summed E-state index contributed by atoms with van der Waals surface area (Å²) in [4.78, 5) is 2.42. The van der Waals surface area contributed by atoms with Crippen molar-refractivity contribution in [2.45, 2.75) is 19.3 Å². The second kappa shape index (κ2) is 12.1. The lowest BCUT2D eigenvalue weighted by Gasteiger charge is -2.28. The van der Waals surface area contributed by atoms with Crippen LogP contribution in [0.15, 0.2) is 192 Å². The molecule has 1 aliphatic rings. The second-order valence-corrected chi connectivity index (χ2v) is 15.3. The summed E-state index contributed by atoms with van der Waals surface area (Å²) in [5, 5.41) is 7.05. The Bertz CT molecular complexity index is 3150. The van der Waals surface area contributed by atoms with E-state index >= 15 is 0 Å². The van der Waals surface area contributed by atoms with Crippen LogP contribution in [-0.4, -0.2) is 0 Å². The first-order chi connectivity index (χ1) is 27.0. The normalized spacial score (nSPS) is 13.1. The number of fused-ring (bicyclic) bond motifs is 9. The standard InChI is InChI=1S/C53H37NO/c1-53(2)49-23-8-7-20-45(49)46-29-27-42(33-50(46)53)54(41-26-24-34-12-3-4-14-37(34)31-41)40-18-10-16-38(32-40)36-15-9-17-39(30-36)44-21-11-22-47-48-28-25-35-13-5-6-19-43(35)51(48)55-52(44)47/h3-33H,1-2H3. The fourth-order valence-corrected chi connectivity index (χ4v) is 9.04. The van der Waals surface area contributed by atoms with Crippen molar-refractivity contribution in [1.82, 2.24) is 0 Å². The first kappa shape index (κ1) is 31.6. The van der Waals surface area contributed by atoms with Crippen LogP contribution in [0.2, 0.25) is 0 Å². The average Bonchev–Trinajstić information content (AvgIpc) is 3.73. The zero-order chi connectivity index (χ0) is 36.7. The van der Waals surface area contributed by atoms with Crippen LogP contribution in [0.3, 0.4) is 0 Å². The Morgan fingerprint density at radius 1 is 0.364 bits per heavy atom. The number of anilines is 3. The molecule has 0 atom stereocenters. The fraction of sp³-hybridized carbons (Fsp3) is 0.0566. The summed E-state index contributed by atoms with van der Waals surface area (Å²) < 4.78 is 6.74. The molecular formula is C53H37NO. The van der Waals surface area contributed by atoms with E-state index in [4.69, 9.17) is 4.42 Å². The van der Waals surface area contributed by atoms with Gasteiger partial charge >= 0.3 is 0 Å². The Morgan fingerprint density at radius 2 is 0.964 bits per heavy atom. The van der Waals surface area contributed by atoms with Crippen molar-refractivity contribution < 1.29 is 4.42 Å². The summed E-state index contributed by atoms with van der Waals surface area (Å²) in [5.41, 5.74) is 15.1. The SMILES string of the molecule is CC1(C)c2ccccc2-c2ccc(N(c3cccc(-c4cccc(-c5cccc6c5oc5c7ccccc7ccc65)c4)c3)c3ccc4ccccc4c3)cc21. The number of hydrogen-bond donors (Lipinski definition) is 0. The van der Waals surface area contributed by atoms with Gasteiger partial charge in [-0.05, 0) is 104 Å². The molecule has 55 heavy (non-hydrogen) atoms. The smallest absolute Gasteiger partial charge is 0.143 e. The van der Waals surface area contributed by atoms with Crippen LogP contribution in [0.4, 0.5) is 17.1 Å². The Hall–Kier alpha value is -6.90. The molecule has 10 aromatic rings. The van der Waals surface area contributed by atoms with Crippen molar-refractivity contribution in [2.75, 3.05) is 4.90 Å². The van der Waals surface area contributed by atoms with Gasteiger partial charge in [0.1, 0.15) is 11.2 Å².